The number of hydrogen-bond donors (Lipinski definition) is 3. The van der Waals surface area contributed by atoms with Crippen molar-refractivity contribution in [2.45, 2.75) is 139 Å². The van der Waals surface area contributed by atoms with E-state index in [0.29, 0.717) is 92.6 Å². The van der Waals surface area contributed by atoms with Crippen molar-refractivity contribution in [1.29, 1.82) is 0 Å². The van der Waals surface area contributed by atoms with Gasteiger partial charge in [-0.2, -0.15) is 0 Å². The van der Waals surface area contributed by atoms with Gasteiger partial charge in [0.05, 0.1) is 51.3 Å². The molecule has 6 fully saturated rings. The Morgan fingerprint density at radius 2 is 1.52 bits per heavy atom. The summed E-state index contributed by atoms with van der Waals surface area (Å²) in [5.74, 6) is -0.862. The molecule has 2 atom stereocenters. The number of pyridine rings is 1. The van der Waals surface area contributed by atoms with Crippen LogP contribution in [0, 0.1) is 17.7 Å². The van der Waals surface area contributed by atoms with Gasteiger partial charge in [-0.25, -0.2) is 19.2 Å². The Balaban J connectivity index is 0.682. The standard InChI is InChI=1S/C61H71FN12O6/c1-36(2)72-35-63-48-33-47(66-55(54(48)72)65-45-11-6-5-10-44(45)62)38-16-19-43-51(30-38)73(42-31-41(32-42)69-25-7-4-8-26-69)59(79)61(43)23-28-70(29-24-61)58(78)39-22-27-71(34-39)57(77)37-14-17-40(18-15-37)64-46-12-9-13-49-53(46)68(3)60(80)74(49)50-20-21-52(75)67-56(50)76/h5-6,9-13,16,19,30,33,35-37,39-42,50,64H,4,7-8,14-15,17-18,20-29,31-32,34H2,1-3H3,(H,65,66)(H,67,75,76)/t37?,39-,40?,41?,42?,50?/m1/s1. The number of para-hydroxylation sites is 2. The van der Waals surface area contributed by atoms with Crippen LogP contribution >= 0.6 is 0 Å². The first kappa shape index (κ1) is 52.0. The van der Waals surface area contributed by atoms with Crippen LogP contribution in [-0.2, 0) is 36.4 Å². The summed E-state index contributed by atoms with van der Waals surface area (Å²) in [6.07, 6.45) is 12.3. The third kappa shape index (κ3) is 8.94. The summed E-state index contributed by atoms with van der Waals surface area (Å²) in [4.78, 5) is 101. The molecule has 5 amide bonds. The van der Waals surface area contributed by atoms with Crippen LogP contribution in [0.1, 0.15) is 121 Å². The zero-order chi connectivity index (χ0) is 55.1. The predicted octanol–water partition coefficient (Wildman–Crippen LogP) is 7.94. The van der Waals surface area contributed by atoms with Crippen LogP contribution in [0.5, 0.6) is 0 Å². The quantitative estimate of drug-likeness (QED) is 0.107. The Hall–Kier alpha value is -7.41. The van der Waals surface area contributed by atoms with Gasteiger partial charge in [-0.15, -0.1) is 0 Å². The third-order valence-electron chi connectivity index (χ3n) is 19.1. The molecule has 3 aromatic carbocycles. The summed E-state index contributed by atoms with van der Waals surface area (Å²) in [5.41, 5.74) is 6.23. The normalized spacial score (nSPS) is 25.2. The summed E-state index contributed by atoms with van der Waals surface area (Å²) in [6, 6.07) is 20.4. The summed E-state index contributed by atoms with van der Waals surface area (Å²) in [6.45, 7) is 8.20. The average molecular weight is 1090 g/mol. The molecule has 2 aliphatic carbocycles. The van der Waals surface area contributed by atoms with Gasteiger partial charge in [-0.05, 0) is 146 Å². The highest BCUT2D eigenvalue weighted by Crippen LogP contribution is 2.52. The van der Waals surface area contributed by atoms with E-state index in [4.69, 9.17) is 9.97 Å². The molecule has 13 rings (SSSR count). The fourth-order valence-corrected chi connectivity index (χ4v) is 14.6. The SMILES string of the molecule is CC(C)n1cnc2cc(-c3ccc4c(c3)N(C3CC(N5CCCCC5)C3)C(=O)C43CCN(C(=O)[C@@H]4CCN(C(=O)C5CCC(Nc6cccc7c6n(C)c(=O)n7C6CCC(=O)NC6=O)CC5)C4)CC3)nc(Nc3ccccc3F)c21. The van der Waals surface area contributed by atoms with E-state index in [1.165, 1.54) is 29.9 Å². The van der Waals surface area contributed by atoms with E-state index in [1.54, 1.807) is 36.1 Å². The van der Waals surface area contributed by atoms with Crippen LogP contribution in [0.15, 0.2) is 77.9 Å². The minimum Gasteiger partial charge on any atom is -0.381 e. The maximum Gasteiger partial charge on any atom is 0.329 e. The number of imide groups is 1. The molecule has 1 spiro atoms. The molecule has 5 aliphatic heterocycles. The molecule has 8 heterocycles. The van der Waals surface area contributed by atoms with Gasteiger partial charge >= 0.3 is 5.69 Å². The Morgan fingerprint density at radius 1 is 0.775 bits per heavy atom. The molecule has 2 saturated carbocycles. The van der Waals surface area contributed by atoms with Gasteiger partial charge < -0.3 is 34.8 Å². The van der Waals surface area contributed by atoms with Gasteiger partial charge in [-0.1, -0.05) is 36.8 Å². The minimum absolute atomic E-state index is 0.0560. The average Bonchev–Trinajstić information content (AvgIpc) is 4.32. The number of piperidine rings is 3. The van der Waals surface area contributed by atoms with Crippen LogP contribution in [0.2, 0.25) is 0 Å². The second-order valence-corrected chi connectivity index (χ2v) is 24.1. The van der Waals surface area contributed by atoms with Crippen LogP contribution < -0.4 is 26.5 Å². The summed E-state index contributed by atoms with van der Waals surface area (Å²) in [7, 11) is 1.69. The van der Waals surface area contributed by atoms with E-state index in [0.717, 1.165) is 72.3 Å². The highest BCUT2D eigenvalue weighted by atomic mass is 19.1. The van der Waals surface area contributed by atoms with Gasteiger partial charge in [0.2, 0.25) is 29.5 Å². The van der Waals surface area contributed by atoms with Gasteiger partial charge in [-0.3, -0.25) is 38.4 Å². The molecule has 80 heavy (non-hydrogen) atoms. The number of aromatic nitrogens is 5. The first-order valence-electron chi connectivity index (χ1n) is 29.2. The molecule has 4 saturated heterocycles. The molecular formula is C61H71FN12O6. The first-order chi connectivity index (χ1) is 38.7. The lowest BCUT2D eigenvalue weighted by molar-refractivity contribution is -0.140. The molecule has 19 heteroatoms. The molecular weight excluding hydrogens is 1020 g/mol. The number of carbonyl (C=O) groups is 5. The molecule has 1 unspecified atom stereocenters. The lowest BCUT2D eigenvalue weighted by atomic mass is 9.73. The van der Waals surface area contributed by atoms with Gasteiger partial charge in [0, 0.05) is 81.0 Å². The van der Waals surface area contributed by atoms with Gasteiger partial charge in [0.25, 0.3) is 0 Å². The lowest BCUT2D eigenvalue weighted by Gasteiger charge is -2.48. The Bertz CT molecular complexity index is 3520. The summed E-state index contributed by atoms with van der Waals surface area (Å²) in [5, 5.41) is 9.31. The van der Waals surface area contributed by atoms with Crippen LogP contribution in [0.3, 0.4) is 0 Å². The fraction of sp³-hybridized carbons (Fsp3) is 0.508. The van der Waals surface area contributed by atoms with Crippen LogP contribution in [0.25, 0.3) is 33.3 Å². The van der Waals surface area contributed by atoms with E-state index in [-0.39, 0.29) is 77.9 Å². The van der Waals surface area contributed by atoms with Gasteiger partial charge in [0.1, 0.15) is 17.4 Å². The van der Waals surface area contributed by atoms with Gasteiger partial charge in [0.15, 0.2) is 5.82 Å². The number of anilines is 4. The maximum absolute atomic E-state index is 15.4. The predicted molar refractivity (Wildman–Crippen MR) is 303 cm³/mol. The van der Waals surface area contributed by atoms with E-state index in [1.807, 2.05) is 38.6 Å². The van der Waals surface area contributed by atoms with E-state index in [2.05, 4.69) is 57.8 Å². The molecule has 18 nitrogen and oxygen atoms in total. The number of carbonyl (C=O) groups excluding carboxylic acids is 5. The van der Waals surface area contributed by atoms with Crippen molar-refractivity contribution in [2.75, 3.05) is 54.8 Å². The smallest absolute Gasteiger partial charge is 0.329 e. The van der Waals surface area contributed by atoms with E-state index >= 15 is 9.18 Å². The largest absolute Gasteiger partial charge is 0.381 e. The Labute approximate surface area is 464 Å². The molecule has 0 radical (unpaired) electrons. The van der Waals surface area contributed by atoms with Crippen molar-refractivity contribution in [3.63, 3.8) is 0 Å². The first-order valence-corrected chi connectivity index (χ1v) is 29.2. The zero-order valence-electron chi connectivity index (χ0n) is 46.0. The van der Waals surface area contributed by atoms with Crippen molar-refractivity contribution < 1.29 is 28.4 Å². The molecule has 6 aromatic rings. The molecule has 3 aromatic heterocycles. The Morgan fingerprint density at radius 3 is 2.27 bits per heavy atom. The highest BCUT2D eigenvalue weighted by Gasteiger charge is 2.56. The monoisotopic (exact) mass is 1090 g/mol. The maximum atomic E-state index is 15.4. The van der Waals surface area contributed by atoms with Crippen LogP contribution in [-0.4, -0.2) is 125 Å². The number of halogens is 1. The lowest BCUT2D eigenvalue weighted by Crippen LogP contribution is -2.58. The number of nitrogens with zero attached hydrogens (tertiary/aromatic N) is 9. The number of likely N-dealkylation sites (tertiary alicyclic amines) is 3. The fourth-order valence-electron chi connectivity index (χ4n) is 14.6. The third-order valence-corrected chi connectivity index (χ3v) is 19.1. The molecule has 7 aliphatic rings. The Kier molecular flexibility index (Phi) is 13.4. The topological polar surface area (TPSA) is 192 Å². The van der Waals surface area contributed by atoms with Crippen molar-refractivity contribution in [3.05, 3.63) is 94.9 Å². The molecule has 418 valence electrons. The number of aryl methyl sites for hydroxylation is 1. The number of imidazole rings is 2. The highest BCUT2D eigenvalue weighted by molar-refractivity contribution is 6.10. The van der Waals surface area contributed by atoms with Crippen LogP contribution in [0.4, 0.5) is 27.3 Å². The second kappa shape index (κ2) is 20.6. The van der Waals surface area contributed by atoms with Crippen molar-refractivity contribution in [3.8, 4) is 11.3 Å². The second-order valence-electron chi connectivity index (χ2n) is 24.1. The van der Waals surface area contributed by atoms with E-state index < -0.39 is 17.4 Å². The number of nitrogens with one attached hydrogen (secondary N) is 3. The number of amides is 5. The summed E-state index contributed by atoms with van der Waals surface area (Å²) < 4.78 is 20.2. The van der Waals surface area contributed by atoms with Crippen molar-refractivity contribution in [2.24, 2.45) is 18.9 Å². The van der Waals surface area contributed by atoms with Crippen molar-refractivity contribution >= 4 is 74.5 Å². The van der Waals surface area contributed by atoms with Crippen molar-refractivity contribution in [1.82, 2.24) is 43.7 Å². The molecule has 3 N–H and O–H groups in total. The van der Waals surface area contributed by atoms with E-state index in [9.17, 15) is 24.0 Å². The number of fused-ring (bicyclic) bond motifs is 4. The zero-order valence-corrected chi connectivity index (χ0v) is 46.0. The number of hydrogen-bond acceptors (Lipinski definition) is 11. The minimum atomic E-state index is -0.777. The number of benzene rings is 3. The summed E-state index contributed by atoms with van der Waals surface area (Å²) >= 11 is 0. The number of rotatable bonds is 11. The molecule has 0 bridgehead atoms.